The molecule has 0 atom stereocenters. The summed E-state index contributed by atoms with van der Waals surface area (Å²) in [5.74, 6) is 0.269. The van der Waals surface area contributed by atoms with Crippen LogP contribution in [0.3, 0.4) is 0 Å². The molecule has 0 amide bonds. The Balaban J connectivity index is 2.23. The number of piperidine rings is 1. The first-order valence-corrected chi connectivity index (χ1v) is 8.52. The number of unbranched alkanes of at least 4 members (excludes halogenated alkanes) is 1. The monoisotopic (exact) mass is 351 g/mol. The smallest absolute Gasteiger partial charge is 0.353 e. The second-order valence-electron chi connectivity index (χ2n) is 6.19. The number of nitrogens with zero attached hydrogens (tertiary/aromatic N) is 5. The maximum absolute atomic E-state index is 11.7. The summed E-state index contributed by atoms with van der Waals surface area (Å²) in [6.45, 7) is 3.81. The molecule has 0 aromatic carbocycles. The van der Waals surface area contributed by atoms with E-state index in [-0.39, 0.29) is 17.6 Å². The lowest BCUT2D eigenvalue weighted by atomic mass is 9.97. The highest BCUT2D eigenvalue weighted by molar-refractivity contribution is 5.74. The normalized spacial score (nSPS) is 15.1. The van der Waals surface area contributed by atoms with Gasteiger partial charge in [-0.25, -0.2) is 9.97 Å². The van der Waals surface area contributed by atoms with Gasteiger partial charge in [0.15, 0.2) is 0 Å². The fourth-order valence-corrected chi connectivity index (χ4v) is 3.03. The molecule has 1 aromatic rings. The first kappa shape index (κ1) is 18.9. The zero-order chi connectivity index (χ0) is 18.4. The third kappa shape index (κ3) is 4.34. The zero-order valence-corrected chi connectivity index (χ0v) is 15.0. The number of hydrogen-bond acceptors (Lipinski definition) is 8. The van der Waals surface area contributed by atoms with Gasteiger partial charge in [0.2, 0.25) is 11.6 Å². The first-order chi connectivity index (χ1) is 12.0. The molecule has 0 aliphatic carbocycles. The molecule has 0 radical (unpaired) electrons. The van der Waals surface area contributed by atoms with Gasteiger partial charge in [0, 0.05) is 26.7 Å². The summed E-state index contributed by atoms with van der Waals surface area (Å²) in [4.78, 5) is 34.9. The molecular formula is C16H25N5O4. The lowest BCUT2D eigenvalue weighted by Crippen LogP contribution is -2.37. The minimum atomic E-state index is -0.417. The number of aromatic nitrogens is 2. The molecule has 25 heavy (non-hydrogen) atoms. The van der Waals surface area contributed by atoms with Crippen molar-refractivity contribution in [3.8, 4) is 0 Å². The van der Waals surface area contributed by atoms with E-state index in [0.29, 0.717) is 44.1 Å². The number of rotatable bonds is 7. The highest BCUT2D eigenvalue weighted by Gasteiger charge is 2.32. The van der Waals surface area contributed by atoms with Gasteiger partial charge in [-0.2, -0.15) is 0 Å². The zero-order valence-electron chi connectivity index (χ0n) is 15.0. The summed E-state index contributed by atoms with van der Waals surface area (Å²) in [6.07, 6.45) is 4.48. The summed E-state index contributed by atoms with van der Waals surface area (Å²) in [6, 6.07) is 0. The average molecular weight is 351 g/mol. The molecule has 1 aliphatic heterocycles. The van der Waals surface area contributed by atoms with Crippen molar-refractivity contribution in [1.29, 1.82) is 0 Å². The van der Waals surface area contributed by atoms with Crippen LogP contribution in [-0.4, -0.2) is 54.7 Å². The number of hydrogen-bond donors (Lipinski definition) is 0. The molecule has 138 valence electrons. The fraction of sp³-hybridized carbons (Fsp3) is 0.688. The summed E-state index contributed by atoms with van der Waals surface area (Å²) in [5.41, 5.74) is -0.0716. The first-order valence-electron chi connectivity index (χ1n) is 8.52. The predicted molar refractivity (Wildman–Crippen MR) is 93.8 cm³/mol. The minimum absolute atomic E-state index is 0.0716. The summed E-state index contributed by atoms with van der Waals surface area (Å²) in [5, 5.41) is 11.7. The molecule has 0 N–H and O–H groups in total. The lowest BCUT2D eigenvalue weighted by molar-refractivity contribution is -0.383. The minimum Gasteiger partial charge on any atom is -0.469 e. The largest absolute Gasteiger partial charge is 0.469 e. The molecule has 0 unspecified atom stereocenters. The molecule has 9 heteroatoms. The molecule has 0 saturated carbocycles. The lowest BCUT2D eigenvalue weighted by Gasteiger charge is -2.31. The van der Waals surface area contributed by atoms with E-state index < -0.39 is 4.92 Å². The van der Waals surface area contributed by atoms with Crippen LogP contribution in [0, 0.1) is 16.0 Å². The molecule has 1 saturated heterocycles. The van der Waals surface area contributed by atoms with Crippen LogP contribution in [0.25, 0.3) is 0 Å². The van der Waals surface area contributed by atoms with E-state index in [2.05, 4.69) is 16.9 Å². The maximum Gasteiger partial charge on any atom is 0.353 e. The van der Waals surface area contributed by atoms with Crippen molar-refractivity contribution in [3.63, 3.8) is 0 Å². The summed E-state index contributed by atoms with van der Waals surface area (Å²) >= 11 is 0. The van der Waals surface area contributed by atoms with E-state index in [0.717, 1.165) is 12.8 Å². The molecule has 1 aromatic heterocycles. The number of carbonyl (C=O) groups excluding carboxylic acids is 1. The van der Waals surface area contributed by atoms with Gasteiger partial charge in [-0.15, -0.1) is 0 Å². The quantitative estimate of drug-likeness (QED) is 0.418. The van der Waals surface area contributed by atoms with Crippen LogP contribution in [0.4, 0.5) is 17.3 Å². The van der Waals surface area contributed by atoms with Gasteiger partial charge in [-0.3, -0.25) is 14.9 Å². The van der Waals surface area contributed by atoms with Crippen molar-refractivity contribution in [3.05, 3.63) is 16.4 Å². The number of methoxy groups -OCH3 is 1. The van der Waals surface area contributed by atoms with Gasteiger partial charge in [-0.1, -0.05) is 13.3 Å². The summed E-state index contributed by atoms with van der Waals surface area (Å²) in [7, 11) is 3.18. The van der Waals surface area contributed by atoms with Crippen LogP contribution in [0.1, 0.15) is 32.6 Å². The maximum atomic E-state index is 11.7. The SMILES string of the molecule is CCCCN(C)c1ncnc(N2CCC(C(=O)OC)CC2)c1[N+](=O)[O-]. The van der Waals surface area contributed by atoms with E-state index in [1.54, 1.807) is 11.9 Å². The van der Waals surface area contributed by atoms with Gasteiger partial charge in [0.05, 0.1) is 18.0 Å². The van der Waals surface area contributed by atoms with Crippen LogP contribution >= 0.6 is 0 Å². The second-order valence-corrected chi connectivity index (χ2v) is 6.19. The van der Waals surface area contributed by atoms with Crippen molar-refractivity contribution >= 4 is 23.3 Å². The Kier molecular flexibility index (Phi) is 6.49. The molecule has 2 rings (SSSR count). The van der Waals surface area contributed by atoms with Gasteiger partial charge in [0.1, 0.15) is 6.33 Å². The Morgan fingerprint density at radius 3 is 2.68 bits per heavy atom. The van der Waals surface area contributed by atoms with E-state index in [1.165, 1.54) is 13.4 Å². The Bertz CT molecular complexity index is 617. The average Bonchev–Trinajstić information content (AvgIpc) is 2.64. The van der Waals surface area contributed by atoms with Gasteiger partial charge >= 0.3 is 11.7 Å². The van der Waals surface area contributed by atoms with Gasteiger partial charge in [0.25, 0.3) is 0 Å². The molecule has 0 spiro atoms. The highest BCUT2D eigenvalue weighted by Crippen LogP contribution is 2.35. The number of carbonyl (C=O) groups is 1. The van der Waals surface area contributed by atoms with Crippen molar-refractivity contribution in [2.75, 3.05) is 43.6 Å². The topological polar surface area (TPSA) is 102 Å². The Morgan fingerprint density at radius 1 is 1.44 bits per heavy atom. The number of ether oxygens (including phenoxy) is 1. The third-order valence-corrected chi connectivity index (χ3v) is 4.50. The Hall–Kier alpha value is -2.45. The standard InChI is InChI=1S/C16H25N5O4/c1-4-5-8-19(2)14-13(21(23)24)15(18-11-17-14)20-9-6-12(7-10-20)16(22)25-3/h11-12H,4-10H2,1-3H3. The summed E-state index contributed by atoms with van der Waals surface area (Å²) < 4.78 is 4.78. The van der Waals surface area contributed by atoms with Crippen LogP contribution in [0.2, 0.25) is 0 Å². The van der Waals surface area contributed by atoms with Gasteiger partial charge < -0.3 is 14.5 Å². The number of nitro groups is 1. The van der Waals surface area contributed by atoms with Crippen molar-refractivity contribution < 1.29 is 14.5 Å². The van der Waals surface area contributed by atoms with Crippen molar-refractivity contribution in [2.24, 2.45) is 5.92 Å². The molecule has 1 aliphatic rings. The van der Waals surface area contributed by atoms with Gasteiger partial charge in [-0.05, 0) is 19.3 Å². The van der Waals surface area contributed by atoms with Crippen LogP contribution in [0.5, 0.6) is 0 Å². The van der Waals surface area contributed by atoms with Crippen LogP contribution in [-0.2, 0) is 9.53 Å². The highest BCUT2D eigenvalue weighted by atomic mass is 16.6. The number of esters is 1. The van der Waals surface area contributed by atoms with E-state index >= 15 is 0 Å². The molecule has 9 nitrogen and oxygen atoms in total. The van der Waals surface area contributed by atoms with Crippen LogP contribution in [0.15, 0.2) is 6.33 Å². The van der Waals surface area contributed by atoms with E-state index in [9.17, 15) is 14.9 Å². The third-order valence-electron chi connectivity index (χ3n) is 4.50. The molecule has 2 heterocycles. The predicted octanol–water partition coefficient (Wildman–Crippen LogP) is 2.01. The Morgan fingerprint density at radius 2 is 2.12 bits per heavy atom. The van der Waals surface area contributed by atoms with E-state index in [1.807, 2.05) is 4.90 Å². The van der Waals surface area contributed by atoms with Crippen LogP contribution < -0.4 is 9.80 Å². The molecule has 0 bridgehead atoms. The molecular weight excluding hydrogens is 326 g/mol. The second kappa shape index (κ2) is 8.59. The van der Waals surface area contributed by atoms with E-state index in [4.69, 9.17) is 4.74 Å². The molecule has 1 fully saturated rings. The Labute approximate surface area is 147 Å². The number of anilines is 2. The van der Waals surface area contributed by atoms with Crippen molar-refractivity contribution in [2.45, 2.75) is 32.6 Å². The fourth-order valence-electron chi connectivity index (χ4n) is 3.03. The van der Waals surface area contributed by atoms with Crippen molar-refractivity contribution in [1.82, 2.24) is 9.97 Å².